The lowest BCUT2D eigenvalue weighted by atomic mass is 10.1. The zero-order valence-electron chi connectivity index (χ0n) is 23.0. The lowest BCUT2D eigenvalue weighted by Gasteiger charge is -2.32. The predicted molar refractivity (Wildman–Crippen MR) is 153 cm³/mol. The molecule has 0 unspecified atom stereocenters. The molecule has 0 spiro atoms. The highest BCUT2D eigenvalue weighted by molar-refractivity contribution is 7.92. The SMILES string of the molecule is CC[C@H](C)NC(=O)[C@H](C)N(Cc1ccc(C)cc1)C(=O)CN(c1cccc([N+](=O)[O-])c1)S(=O)(=O)c1ccccc1. The second kappa shape index (κ2) is 13.2. The minimum absolute atomic E-state index is 0.0431. The van der Waals surface area contributed by atoms with Crippen LogP contribution in [0.3, 0.4) is 0 Å². The normalized spacial score (nSPS) is 12.7. The van der Waals surface area contributed by atoms with Crippen LogP contribution in [0.25, 0.3) is 0 Å². The van der Waals surface area contributed by atoms with Crippen molar-refractivity contribution in [3.05, 3.63) is 100 Å². The second-order valence-electron chi connectivity index (χ2n) is 9.60. The number of hydrogen-bond acceptors (Lipinski definition) is 6. The van der Waals surface area contributed by atoms with Gasteiger partial charge in [0.05, 0.1) is 15.5 Å². The monoisotopic (exact) mass is 566 g/mol. The summed E-state index contributed by atoms with van der Waals surface area (Å²) in [6.45, 7) is 6.69. The molecular formula is C29H34N4O6S. The van der Waals surface area contributed by atoms with Crippen LogP contribution in [0.5, 0.6) is 0 Å². The highest BCUT2D eigenvalue weighted by Gasteiger charge is 2.33. The maximum absolute atomic E-state index is 13.9. The Morgan fingerprint density at radius 1 is 0.975 bits per heavy atom. The van der Waals surface area contributed by atoms with Gasteiger partial charge < -0.3 is 10.2 Å². The third-order valence-electron chi connectivity index (χ3n) is 6.58. The van der Waals surface area contributed by atoms with Crippen LogP contribution in [0.4, 0.5) is 11.4 Å². The van der Waals surface area contributed by atoms with Crippen LogP contribution in [0.2, 0.25) is 0 Å². The molecule has 3 aromatic rings. The first-order valence-corrected chi connectivity index (χ1v) is 14.4. The fourth-order valence-electron chi connectivity index (χ4n) is 3.95. The molecule has 11 heteroatoms. The molecule has 1 N–H and O–H groups in total. The number of carbonyl (C=O) groups is 2. The lowest BCUT2D eigenvalue weighted by Crippen LogP contribution is -2.52. The number of amides is 2. The Bertz CT molecular complexity index is 1440. The lowest BCUT2D eigenvalue weighted by molar-refractivity contribution is -0.384. The van der Waals surface area contributed by atoms with E-state index in [0.29, 0.717) is 6.42 Å². The molecule has 0 bridgehead atoms. The van der Waals surface area contributed by atoms with Crippen LogP contribution in [-0.4, -0.2) is 48.7 Å². The number of nitro benzene ring substituents is 1. The van der Waals surface area contributed by atoms with E-state index in [1.165, 1.54) is 35.2 Å². The molecule has 3 aromatic carbocycles. The fraction of sp³-hybridized carbons (Fsp3) is 0.310. The van der Waals surface area contributed by atoms with Gasteiger partial charge in [-0.2, -0.15) is 0 Å². The van der Waals surface area contributed by atoms with Crippen molar-refractivity contribution in [2.45, 2.75) is 57.6 Å². The molecule has 0 aliphatic rings. The fourth-order valence-corrected chi connectivity index (χ4v) is 5.38. The van der Waals surface area contributed by atoms with Crippen LogP contribution in [0.15, 0.2) is 83.8 Å². The number of nitro groups is 1. The number of aryl methyl sites for hydroxylation is 1. The highest BCUT2D eigenvalue weighted by Crippen LogP contribution is 2.27. The summed E-state index contributed by atoms with van der Waals surface area (Å²) in [6, 6.07) is 19.0. The van der Waals surface area contributed by atoms with Crippen molar-refractivity contribution in [2.24, 2.45) is 0 Å². The first-order valence-electron chi connectivity index (χ1n) is 12.9. The number of hydrogen-bond donors (Lipinski definition) is 1. The number of sulfonamides is 1. The Labute approximate surface area is 234 Å². The van der Waals surface area contributed by atoms with Gasteiger partial charge in [0.2, 0.25) is 11.8 Å². The third kappa shape index (κ3) is 7.44. The standard InChI is InChI=1S/C29H34N4O6S/c1-5-22(3)30-29(35)23(4)31(19-24-16-14-21(2)15-17-24)28(34)20-32(25-10-9-11-26(18-25)33(36)37)40(38,39)27-12-7-6-8-13-27/h6-18,22-23H,5,19-20H2,1-4H3,(H,30,35)/t22-,23-/m0/s1. The van der Waals surface area contributed by atoms with Crippen molar-refractivity contribution in [3.8, 4) is 0 Å². The summed E-state index contributed by atoms with van der Waals surface area (Å²) in [7, 11) is -4.31. The molecule has 0 saturated carbocycles. The van der Waals surface area contributed by atoms with E-state index >= 15 is 0 Å². The van der Waals surface area contributed by atoms with E-state index in [0.717, 1.165) is 21.5 Å². The number of carbonyl (C=O) groups excluding carboxylic acids is 2. The molecule has 0 radical (unpaired) electrons. The van der Waals surface area contributed by atoms with Gasteiger partial charge in [-0.15, -0.1) is 0 Å². The molecule has 0 aromatic heterocycles. The molecule has 40 heavy (non-hydrogen) atoms. The average molecular weight is 567 g/mol. The van der Waals surface area contributed by atoms with E-state index in [-0.39, 0.29) is 34.8 Å². The molecule has 212 valence electrons. The predicted octanol–water partition coefficient (Wildman–Crippen LogP) is 4.43. The van der Waals surface area contributed by atoms with Gasteiger partial charge in [-0.05, 0) is 51.0 Å². The van der Waals surface area contributed by atoms with Gasteiger partial charge in [0.15, 0.2) is 0 Å². The van der Waals surface area contributed by atoms with E-state index in [1.54, 1.807) is 25.1 Å². The molecule has 10 nitrogen and oxygen atoms in total. The topological polar surface area (TPSA) is 130 Å². The van der Waals surface area contributed by atoms with Crippen molar-refractivity contribution < 1.29 is 22.9 Å². The van der Waals surface area contributed by atoms with E-state index in [4.69, 9.17) is 0 Å². The Balaban J connectivity index is 2.05. The Morgan fingerprint density at radius 3 is 2.23 bits per heavy atom. The van der Waals surface area contributed by atoms with Crippen LogP contribution in [0.1, 0.15) is 38.3 Å². The minimum atomic E-state index is -4.31. The zero-order chi connectivity index (χ0) is 29.4. The van der Waals surface area contributed by atoms with E-state index in [1.807, 2.05) is 45.0 Å². The van der Waals surface area contributed by atoms with Crippen molar-refractivity contribution >= 4 is 33.2 Å². The zero-order valence-corrected chi connectivity index (χ0v) is 23.8. The summed E-state index contributed by atoms with van der Waals surface area (Å²) < 4.78 is 28.4. The summed E-state index contributed by atoms with van der Waals surface area (Å²) in [6.07, 6.45) is 0.695. The number of nitrogens with zero attached hydrogens (tertiary/aromatic N) is 3. The quantitative estimate of drug-likeness (QED) is 0.255. The Kier molecular flexibility index (Phi) is 10.0. The van der Waals surface area contributed by atoms with Gasteiger partial charge in [0.1, 0.15) is 12.6 Å². The number of non-ortho nitro benzene ring substituents is 1. The first kappa shape index (κ1) is 30.3. The molecular weight excluding hydrogens is 532 g/mol. The summed E-state index contributed by atoms with van der Waals surface area (Å²) in [4.78, 5) is 39.0. The van der Waals surface area contributed by atoms with E-state index in [9.17, 15) is 28.1 Å². The smallest absolute Gasteiger partial charge is 0.271 e. The summed E-state index contributed by atoms with van der Waals surface area (Å²) in [5, 5.41) is 14.3. The average Bonchev–Trinajstić information content (AvgIpc) is 2.95. The number of nitrogens with one attached hydrogen (secondary N) is 1. The van der Waals surface area contributed by atoms with Crippen LogP contribution >= 0.6 is 0 Å². The van der Waals surface area contributed by atoms with Crippen molar-refractivity contribution in [2.75, 3.05) is 10.8 Å². The van der Waals surface area contributed by atoms with Gasteiger partial charge in [0, 0.05) is 24.7 Å². The van der Waals surface area contributed by atoms with E-state index < -0.39 is 33.4 Å². The van der Waals surface area contributed by atoms with Gasteiger partial charge in [0.25, 0.3) is 15.7 Å². The maximum Gasteiger partial charge on any atom is 0.271 e. The molecule has 3 rings (SSSR count). The summed E-state index contributed by atoms with van der Waals surface area (Å²) >= 11 is 0. The Morgan fingerprint density at radius 2 is 1.62 bits per heavy atom. The highest BCUT2D eigenvalue weighted by atomic mass is 32.2. The van der Waals surface area contributed by atoms with Crippen LogP contribution < -0.4 is 9.62 Å². The van der Waals surface area contributed by atoms with Crippen molar-refractivity contribution in [3.63, 3.8) is 0 Å². The molecule has 0 aliphatic heterocycles. The number of benzene rings is 3. The Hall–Kier alpha value is -4.25. The second-order valence-corrected chi connectivity index (χ2v) is 11.5. The summed E-state index contributed by atoms with van der Waals surface area (Å²) in [5.74, 6) is -1.01. The van der Waals surface area contributed by atoms with Crippen LogP contribution in [0, 0.1) is 17.0 Å². The van der Waals surface area contributed by atoms with Crippen molar-refractivity contribution in [1.29, 1.82) is 0 Å². The van der Waals surface area contributed by atoms with Gasteiger partial charge in [-0.3, -0.25) is 24.0 Å². The minimum Gasteiger partial charge on any atom is -0.352 e. The molecule has 2 atom stereocenters. The largest absolute Gasteiger partial charge is 0.352 e. The third-order valence-corrected chi connectivity index (χ3v) is 8.37. The molecule has 0 aliphatic carbocycles. The number of rotatable bonds is 12. The molecule has 0 heterocycles. The van der Waals surface area contributed by atoms with E-state index in [2.05, 4.69) is 5.32 Å². The van der Waals surface area contributed by atoms with Gasteiger partial charge in [-0.25, -0.2) is 8.42 Å². The number of anilines is 1. The van der Waals surface area contributed by atoms with Crippen molar-refractivity contribution in [1.82, 2.24) is 10.2 Å². The van der Waals surface area contributed by atoms with Gasteiger partial charge in [-0.1, -0.05) is 61.0 Å². The van der Waals surface area contributed by atoms with Crippen LogP contribution in [-0.2, 0) is 26.2 Å². The first-order chi connectivity index (χ1) is 18.9. The summed E-state index contributed by atoms with van der Waals surface area (Å²) in [5.41, 5.74) is 1.42. The molecule has 0 fully saturated rings. The molecule has 2 amide bonds. The van der Waals surface area contributed by atoms with Gasteiger partial charge >= 0.3 is 0 Å². The molecule has 0 saturated heterocycles. The maximum atomic E-state index is 13.9.